The Morgan fingerprint density at radius 1 is 0.600 bits per heavy atom. The van der Waals surface area contributed by atoms with Crippen molar-refractivity contribution in [2.75, 3.05) is 14.2 Å². The summed E-state index contributed by atoms with van der Waals surface area (Å²) >= 11 is 0. The zero-order valence-electron chi connectivity index (χ0n) is 11.4. The van der Waals surface area contributed by atoms with Crippen LogP contribution in [0.15, 0.2) is 48.5 Å². The van der Waals surface area contributed by atoms with Crippen LogP contribution in [0.2, 0.25) is 0 Å². The van der Waals surface area contributed by atoms with Crippen molar-refractivity contribution in [3.05, 3.63) is 59.7 Å². The van der Waals surface area contributed by atoms with Crippen LogP contribution in [0.5, 0.6) is 11.5 Å². The Kier molecular flexibility index (Phi) is 4.70. The second-order valence-corrected chi connectivity index (χ2v) is 3.96. The Morgan fingerprint density at radius 2 is 0.950 bits per heavy atom. The normalized spacial score (nSPS) is 8.70. The van der Waals surface area contributed by atoms with Crippen LogP contribution in [-0.4, -0.2) is 14.2 Å². The van der Waals surface area contributed by atoms with Gasteiger partial charge >= 0.3 is 0 Å². The first-order valence-electron chi connectivity index (χ1n) is 6.12. The van der Waals surface area contributed by atoms with E-state index in [-0.39, 0.29) is 0 Å². The third kappa shape index (κ3) is 3.83. The van der Waals surface area contributed by atoms with Crippen molar-refractivity contribution in [2.45, 2.75) is 0 Å². The zero-order valence-corrected chi connectivity index (χ0v) is 11.4. The third-order valence-corrected chi connectivity index (χ3v) is 2.66. The molecule has 2 rings (SSSR count). The largest absolute Gasteiger partial charge is 0.497 e. The van der Waals surface area contributed by atoms with Gasteiger partial charge in [-0.15, -0.1) is 0 Å². The third-order valence-electron chi connectivity index (χ3n) is 2.66. The van der Waals surface area contributed by atoms with E-state index in [1.165, 1.54) is 0 Å². The van der Waals surface area contributed by atoms with Crippen LogP contribution < -0.4 is 9.47 Å². The minimum Gasteiger partial charge on any atom is -0.497 e. The van der Waals surface area contributed by atoms with Crippen LogP contribution in [-0.2, 0) is 0 Å². The summed E-state index contributed by atoms with van der Waals surface area (Å²) < 4.78 is 10.2. The van der Waals surface area contributed by atoms with Gasteiger partial charge in [-0.25, -0.2) is 0 Å². The summed E-state index contributed by atoms with van der Waals surface area (Å²) in [5, 5.41) is 0. The molecule has 0 unspecified atom stereocenters. The maximum atomic E-state index is 5.09. The molecule has 0 aromatic heterocycles. The molecule has 2 nitrogen and oxygen atoms in total. The average Bonchev–Trinajstić information content (AvgIpc) is 2.53. The molecule has 2 heteroatoms. The van der Waals surface area contributed by atoms with Crippen LogP contribution in [0.1, 0.15) is 11.1 Å². The van der Waals surface area contributed by atoms with E-state index in [9.17, 15) is 0 Å². The van der Waals surface area contributed by atoms with Gasteiger partial charge in [0, 0.05) is 11.1 Å². The van der Waals surface area contributed by atoms with Crippen molar-refractivity contribution < 1.29 is 9.47 Å². The van der Waals surface area contributed by atoms with Crippen LogP contribution in [0.4, 0.5) is 0 Å². The zero-order chi connectivity index (χ0) is 14.2. The predicted octanol–water partition coefficient (Wildman–Crippen LogP) is 3.11. The molecule has 0 aliphatic carbocycles. The summed E-state index contributed by atoms with van der Waals surface area (Å²) in [5.74, 6) is 13.3. The van der Waals surface area contributed by atoms with Crippen LogP contribution in [0.25, 0.3) is 0 Å². The molecule has 0 N–H and O–H groups in total. The predicted molar refractivity (Wildman–Crippen MR) is 79.7 cm³/mol. The van der Waals surface area contributed by atoms with Gasteiger partial charge in [0.2, 0.25) is 0 Å². The van der Waals surface area contributed by atoms with Crippen molar-refractivity contribution in [1.82, 2.24) is 0 Å². The lowest BCUT2D eigenvalue weighted by Crippen LogP contribution is -1.82. The van der Waals surface area contributed by atoms with E-state index in [1.807, 2.05) is 48.5 Å². The first-order valence-corrected chi connectivity index (χ1v) is 6.12. The Labute approximate surface area is 119 Å². The summed E-state index contributed by atoms with van der Waals surface area (Å²) in [5.41, 5.74) is 1.82. The number of rotatable bonds is 2. The monoisotopic (exact) mass is 262 g/mol. The maximum absolute atomic E-state index is 5.09. The van der Waals surface area contributed by atoms with Crippen LogP contribution in [0, 0.1) is 23.7 Å². The van der Waals surface area contributed by atoms with Gasteiger partial charge in [-0.3, -0.25) is 0 Å². The highest BCUT2D eigenvalue weighted by Crippen LogP contribution is 2.11. The highest BCUT2D eigenvalue weighted by molar-refractivity contribution is 5.46. The summed E-state index contributed by atoms with van der Waals surface area (Å²) in [6, 6.07) is 15.1. The molecule has 0 radical (unpaired) electrons. The number of methoxy groups -OCH3 is 2. The van der Waals surface area contributed by atoms with Gasteiger partial charge in [0.25, 0.3) is 0 Å². The Morgan fingerprint density at radius 3 is 1.25 bits per heavy atom. The second-order valence-electron chi connectivity index (χ2n) is 3.96. The van der Waals surface area contributed by atoms with Crippen molar-refractivity contribution >= 4 is 0 Å². The van der Waals surface area contributed by atoms with E-state index in [0.717, 1.165) is 22.6 Å². The summed E-state index contributed by atoms with van der Waals surface area (Å²) in [4.78, 5) is 0. The molecule has 0 bridgehead atoms. The van der Waals surface area contributed by atoms with E-state index < -0.39 is 0 Å². The summed E-state index contributed by atoms with van der Waals surface area (Å²) in [6.07, 6.45) is 0. The van der Waals surface area contributed by atoms with E-state index in [0.29, 0.717) is 0 Å². The number of hydrogen-bond acceptors (Lipinski definition) is 2. The molecule has 0 amide bonds. The summed E-state index contributed by atoms with van der Waals surface area (Å²) in [6.45, 7) is 0. The molecule has 0 aliphatic heterocycles. The molecular formula is C18H14O2. The smallest absolute Gasteiger partial charge is 0.118 e. The standard InChI is InChI=1S/C18H14O2/c1-19-17-11-7-15(8-12-17)5-3-4-6-16-9-13-18(20-2)14-10-16/h7-14H,1-2H3. The van der Waals surface area contributed by atoms with Gasteiger partial charge in [-0.05, 0) is 60.4 Å². The highest BCUT2D eigenvalue weighted by Gasteiger charge is 1.90. The number of hydrogen-bond donors (Lipinski definition) is 0. The molecule has 0 atom stereocenters. The molecule has 0 spiro atoms. The Bertz CT molecular complexity index is 611. The van der Waals surface area contributed by atoms with Gasteiger partial charge in [0.1, 0.15) is 11.5 Å². The molecule has 2 aromatic carbocycles. The highest BCUT2D eigenvalue weighted by atomic mass is 16.5. The molecule has 0 aliphatic rings. The second kappa shape index (κ2) is 6.92. The molecule has 0 saturated carbocycles. The van der Waals surface area contributed by atoms with E-state index >= 15 is 0 Å². The van der Waals surface area contributed by atoms with Gasteiger partial charge in [0.05, 0.1) is 14.2 Å². The topological polar surface area (TPSA) is 18.5 Å². The van der Waals surface area contributed by atoms with Crippen molar-refractivity contribution in [3.8, 4) is 35.2 Å². The van der Waals surface area contributed by atoms with E-state index in [4.69, 9.17) is 9.47 Å². The molecule has 20 heavy (non-hydrogen) atoms. The molecular weight excluding hydrogens is 248 g/mol. The lowest BCUT2D eigenvalue weighted by atomic mass is 10.2. The lowest BCUT2D eigenvalue weighted by Gasteiger charge is -1.97. The van der Waals surface area contributed by atoms with E-state index in [2.05, 4.69) is 23.7 Å². The summed E-state index contributed by atoms with van der Waals surface area (Å²) in [7, 11) is 3.28. The molecule has 2 aromatic rings. The first kappa shape index (κ1) is 13.6. The fraction of sp³-hybridized carbons (Fsp3) is 0.111. The molecule has 0 fully saturated rings. The SMILES string of the molecule is COc1ccc(C#CC#Cc2ccc(OC)cc2)cc1. The van der Waals surface area contributed by atoms with Crippen LogP contribution >= 0.6 is 0 Å². The minimum atomic E-state index is 0.819. The van der Waals surface area contributed by atoms with Crippen molar-refractivity contribution in [1.29, 1.82) is 0 Å². The Hall–Kier alpha value is -2.84. The van der Waals surface area contributed by atoms with Gasteiger partial charge in [-0.2, -0.15) is 0 Å². The van der Waals surface area contributed by atoms with Crippen molar-refractivity contribution in [3.63, 3.8) is 0 Å². The fourth-order valence-electron chi connectivity index (χ4n) is 1.56. The van der Waals surface area contributed by atoms with Crippen LogP contribution in [0.3, 0.4) is 0 Å². The first-order chi connectivity index (χ1) is 9.81. The molecule has 0 heterocycles. The lowest BCUT2D eigenvalue weighted by molar-refractivity contribution is 0.414. The number of ether oxygens (including phenoxy) is 2. The fourth-order valence-corrected chi connectivity index (χ4v) is 1.56. The average molecular weight is 262 g/mol. The van der Waals surface area contributed by atoms with Gasteiger partial charge in [-0.1, -0.05) is 11.8 Å². The Balaban J connectivity index is 2.04. The molecule has 0 saturated heterocycles. The van der Waals surface area contributed by atoms with Gasteiger partial charge < -0.3 is 9.47 Å². The van der Waals surface area contributed by atoms with Crippen molar-refractivity contribution in [2.24, 2.45) is 0 Å². The minimum absolute atomic E-state index is 0.819. The molecule has 98 valence electrons. The maximum Gasteiger partial charge on any atom is 0.118 e. The van der Waals surface area contributed by atoms with E-state index in [1.54, 1.807) is 14.2 Å². The number of benzene rings is 2. The quantitative estimate of drug-likeness (QED) is 0.774. The van der Waals surface area contributed by atoms with Gasteiger partial charge in [0.15, 0.2) is 0 Å².